The van der Waals surface area contributed by atoms with E-state index in [9.17, 15) is 5.26 Å². The number of nitrogens with zero attached hydrogens (tertiary/aromatic N) is 1. The molecule has 0 radical (unpaired) electrons. The third-order valence-corrected chi connectivity index (χ3v) is 2.92. The second-order valence-corrected chi connectivity index (χ2v) is 4.05. The predicted molar refractivity (Wildman–Crippen MR) is 62.6 cm³/mol. The van der Waals surface area contributed by atoms with Crippen molar-refractivity contribution in [2.45, 2.75) is 19.1 Å². The number of nitriles is 1. The summed E-state index contributed by atoms with van der Waals surface area (Å²) < 4.78 is 11.1. The van der Waals surface area contributed by atoms with Gasteiger partial charge in [-0.05, 0) is 12.5 Å². The molecule has 0 spiro atoms. The number of hydrogen-bond donors (Lipinski definition) is 1. The van der Waals surface area contributed by atoms with E-state index < -0.39 is 0 Å². The number of aromatic nitrogens is 1. The van der Waals surface area contributed by atoms with Crippen molar-refractivity contribution >= 4 is 10.9 Å². The summed E-state index contributed by atoms with van der Waals surface area (Å²) in [6.45, 7) is 0.729. The first-order valence-electron chi connectivity index (χ1n) is 5.67. The molecule has 0 bridgehead atoms. The van der Waals surface area contributed by atoms with Crippen LogP contribution in [0.3, 0.4) is 0 Å². The highest BCUT2D eigenvalue weighted by Gasteiger charge is 2.20. The Labute approximate surface area is 98.8 Å². The fraction of sp³-hybridized carbons (Fsp3) is 0.308. The van der Waals surface area contributed by atoms with Gasteiger partial charge in [0, 0.05) is 17.3 Å². The van der Waals surface area contributed by atoms with Crippen LogP contribution < -0.4 is 4.74 Å². The molecule has 1 atom stereocenters. The Morgan fingerprint density at radius 1 is 1.41 bits per heavy atom. The summed E-state index contributed by atoms with van der Waals surface area (Å²) in [4.78, 5) is 3.12. The van der Waals surface area contributed by atoms with Crippen LogP contribution in [0.15, 0.2) is 24.3 Å². The van der Waals surface area contributed by atoms with E-state index in [-0.39, 0.29) is 6.29 Å². The van der Waals surface area contributed by atoms with Gasteiger partial charge in [-0.2, -0.15) is 5.26 Å². The standard InChI is InChI=1S/C13H12N2O2/c14-8-10-9-4-1-2-5-11(9)15-13(10)17-12-6-3-7-16-12/h1-2,4-5,12,15H,3,6-7H2. The Hall–Kier alpha value is -1.99. The molecule has 1 aromatic heterocycles. The average Bonchev–Trinajstić information content (AvgIpc) is 2.96. The van der Waals surface area contributed by atoms with E-state index in [4.69, 9.17) is 9.47 Å². The molecule has 0 aliphatic carbocycles. The number of para-hydroxylation sites is 1. The van der Waals surface area contributed by atoms with Gasteiger partial charge in [0.1, 0.15) is 11.6 Å². The van der Waals surface area contributed by atoms with Gasteiger partial charge in [-0.1, -0.05) is 18.2 Å². The summed E-state index contributed by atoms with van der Waals surface area (Å²) in [6.07, 6.45) is 1.66. The van der Waals surface area contributed by atoms with Crippen LogP contribution in [0.2, 0.25) is 0 Å². The first-order valence-corrected chi connectivity index (χ1v) is 5.67. The largest absolute Gasteiger partial charge is 0.448 e. The first kappa shape index (κ1) is 10.2. The van der Waals surface area contributed by atoms with Crippen molar-refractivity contribution in [1.82, 2.24) is 4.98 Å². The summed E-state index contributed by atoms with van der Waals surface area (Å²) in [5, 5.41) is 10.1. The molecule has 0 saturated carbocycles. The Morgan fingerprint density at radius 2 is 2.29 bits per heavy atom. The van der Waals surface area contributed by atoms with Crippen LogP contribution in [0.5, 0.6) is 5.88 Å². The Balaban J connectivity index is 2.00. The number of hydrogen-bond acceptors (Lipinski definition) is 3. The zero-order valence-corrected chi connectivity index (χ0v) is 9.27. The quantitative estimate of drug-likeness (QED) is 0.859. The summed E-state index contributed by atoms with van der Waals surface area (Å²) in [7, 11) is 0. The van der Waals surface area contributed by atoms with Crippen molar-refractivity contribution in [1.29, 1.82) is 5.26 Å². The van der Waals surface area contributed by atoms with E-state index in [0.29, 0.717) is 11.4 Å². The number of ether oxygens (including phenoxy) is 2. The molecule has 4 heteroatoms. The first-order chi connectivity index (χ1) is 8.38. The molecule has 3 rings (SSSR count). The molecule has 1 fully saturated rings. The molecule has 2 heterocycles. The van der Waals surface area contributed by atoms with E-state index in [2.05, 4.69) is 11.1 Å². The molecule has 17 heavy (non-hydrogen) atoms. The van der Waals surface area contributed by atoms with Crippen LogP contribution >= 0.6 is 0 Å². The van der Waals surface area contributed by atoms with Gasteiger partial charge in [0.25, 0.3) is 0 Å². The number of fused-ring (bicyclic) bond motifs is 1. The topological polar surface area (TPSA) is 58.0 Å². The SMILES string of the molecule is N#Cc1c(OC2CCCO2)[nH]c2ccccc12. The molecular weight excluding hydrogens is 216 g/mol. The maximum Gasteiger partial charge on any atom is 0.212 e. The van der Waals surface area contributed by atoms with E-state index in [1.165, 1.54) is 0 Å². The Kier molecular flexibility index (Phi) is 2.46. The molecule has 1 saturated heterocycles. The molecule has 1 aromatic carbocycles. The monoisotopic (exact) mass is 228 g/mol. The lowest BCUT2D eigenvalue weighted by Gasteiger charge is -2.10. The van der Waals surface area contributed by atoms with E-state index in [0.717, 1.165) is 30.4 Å². The number of nitrogens with one attached hydrogen (secondary N) is 1. The summed E-state index contributed by atoms with van der Waals surface area (Å²) >= 11 is 0. The zero-order chi connectivity index (χ0) is 11.7. The number of aromatic amines is 1. The summed E-state index contributed by atoms with van der Waals surface area (Å²) in [6, 6.07) is 9.86. The fourth-order valence-corrected chi connectivity index (χ4v) is 2.09. The van der Waals surface area contributed by atoms with Crippen molar-refractivity contribution in [2.24, 2.45) is 0 Å². The van der Waals surface area contributed by atoms with Gasteiger partial charge >= 0.3 is 0 Å². The minimum Gasteiger partial charge on any atom is -0.448 e. The van der Waals surface area contributed by atoms with E-state index in [1.807, 2.05) is 24.3 Å². The van der Waals surface area contributed by atoms with Crippen molar-refractivity contribution < 1.29 is 9.47 Å². The molecule has 4 nitrogen and oxygen atoms in total. The minimum atomic E-state index is -0.227. The molecule has 2 aromatic rings. The average molecular weight is 228 g/mol. The fourth-order valence-electron chi connectivity index (χ4n) is 2.09. The normalized spacial score (nSPS) is 19.4. The van der Waals surface area contributed by atoms with Crippen LogP contribution in [-0.4, -0.2) is 17.9 Å². The second kappa shape index (κ2) is 4.11. The third-order valence-electron chi connectivity index (χ3n) is 2.92. The van der Waals surface area contributed by atoms with Crippen LogP contribution in [0.25, 0.3) is 10.9 Å². The number of benzene rings is 1. The van der Waals surface area contributed by atoms with Gasteiger partial charge in [-0.15, -0.1) is 0 Å². The maximum absolute atomic E-state index is 9.19. The predicted octanol–water partition coefficient (Wildman–Crippen LogP) is 2.55. The lowest BCUT2D eigenvalue weighted by atomic mass is 10.2. The highest BCUT2D eigenvalue weighted by Crippen LogP contribution is 2.29. The van der Waals surface area contributed by atoms with Gasteiger partial charge in [0.05, 0.1) is 6.61 Å². The lowest BCUT2D eigenvalue weighted by Crippen LogP contribution is -2.14. The molecule has 0 amide bonds. The molecule has 86 valence electrons. The highest BCUT2D eigenvalue weighted by atomic mass is 16.7. The molecular formula is C13H12N2O2. The van der Waals surface area contributed by atoms with Crippen molar-refractivity contribution in [3.05, 3.63) is 29.8 Å². The van der Waals surface area contributed by atoms with Crippen LogP contribution in [0.1, 0.15) is 18.4 Å². The molecule has 1 N–H and O–H groups in total. The van der Waals surface area contributed by atoms with Crippen molar-refractivity contribution in [2.75, 3.05) is 6.61 Å². The van der Waals surface area contributed by atoms with E-state index in [1.54, 1.807) is 0 Å². The minimum absolute atomic E-state index is 0.227. The van der Waals surface area contributed by atoms with Gasteiger partial charge in [-0.25, -0.2) is 0 Å². The summed E-state index contributed by atoms with van der Waals surface area (Å²) in [5.41, 5.74) is 1.47. The molecule has 1 aliphatic heterocycles. The third kappa shape index (κ3) is 1.75. The Bertz CT molecular complexity index is 577. The van der Waals surface area contributed by atoms with Crippen molar-refractivity contribution in [3.63, 3.8) is 0 Å². The van der Waals surface area contributed by atoms with Crippen LogP contribution in [0, 0.1) is 11.3 Å². The number of H-pyrrole nitrogens is 1. The molecule has 1 aliphatic rings. The zero-order valence-electron chi connectivity index (χ0n) is 9.27. The maximum atomic E-state index is 9.19. The second-order valence-electron chi connectivity index (χ2n) is 4.05. The summed E-state index contributed by atoms with van der Waals surface area (Å²) in [5.74, 6) is 0.514. The van der Waals surface area contributed by atoms with Gasteiger partial charge in [0.15, 0.2) is 0 Å². The smallest absolute Gasteiger partial charge is 0.212 e. The van der Waals surface area contributed by atoms with Gasteiger partial charge < -0.3 is 14.5 Å². The van der Waals surface area contributed by atoms with Crippen molar-refractivity contribution in [3.8, 4) is 11.9 Å². The highest BCUT2D eigenvalue weighted by molar-refractivity contribution is 5.88. The van der Waals surface area contributed by atoms with Crippen LogP contribution in [-0.2, 0) is 4.74 Å². The van der Waals surface area contributed by atoms with Gasteiger partial charge in [0.2, 0.25) is 12.2 Å². The lowest BCUT2D eigenvalue weighted by molar-refractivity contribution is -0.0414. The van der Waals surface area contributed by atoms with Crippen LogP contribution in [0.4, 0.5) is 0 Å². The number of rotatable bonds is 2. The van der Waals surface area contributed by atoms with E-state index >= 15 is 0 Å². The van der Waals surface area contributed by atoms with Gasteiger partial charge in [-0.3, -0.25) is 0 Å². The molecule has 1 unspecified atom stereocenters. The Morgan fingerprint density at radius 3 is 3.06 bits per heavy atom.